The SMILES string of the molecule is CC1(C)CCC(CN2CCN(c3ccc(C(N)=O)c(N4CC(F)(F)Oc5nc6[nH]ccc6cc54)c3)CC2)=C(c2ccc(Cl)cc2)C1. The Morgan fingerprint density at radius 1 is 1.04 bits per heavy atom. The van der Waals surface area contributed by atoms with Gasteiger partial charge in [0, 0.05) is 55.0 Å². The Balaban J connectivity index is 1.14. The van der Waals surface area contributed by atoms with Crippen molar-refractivity contribution in [2.45, 2.75) is 39.2 Å². The monoisotopic (exact) mass is 646 g/mol. The zero-order valence-electron chi connectivity index (χ0n) is 26.0. The van der Waals surface area contributed by atoms with Crippen molar-refractivity contribution in [3.05, 3.63) is 82.5 Å². The number of pyridine rings is 1. The van der Waals surface area contributed by atoms with Crippen molar-refractivity contribution in [1.29, 1.82) is 0 Å². The molecule has 4 heterocycles. The van der Waals surface area contributed by atoms with Crippen molar-refractivity contribution in [2.24, 2.45) is 11.1 Å². The molecule has 7 rings (SSSR count). The van der Waals surface area contributed by atoms with E-state index in [1.165, 1.54) is 21.6 Å². The number of rotatable bonds is 6. The number of aromatic nitrogens is 2. The van der Waals surface area contributed by atoms with Crippen LogP contribution in [0.1, 0.15) is 49.0 Å². The molecule has 3 N–H and O–H groups in total. The van der Waals surface area contributed by atoms with Gasteiger partial charge in [0.2, 0.25) is 5.88 Å². The first-order valence-electron chi connectivity index (χ1n) is 15.7. The Labute approximate surface area is 271 Å². The lowest BCUT2D eigenvalue weighted by molar-refractivity contribution is -0.172. The molecule has 2 aromatic heterocycles. The van der Waals surface area contributed by atoms with Crippen LogP contribution in [0.4, 0.5) is 25.8 Å². The van der Waals surface area contributed by atoms with Crippen molar-refractivity contribution in [1.82, 2.24) is 14.9 Å². The number of H-pyrrole nitrogens is 1. The first kappa shape index (κ1) is 30.5. The Hall–Kier alpha value is -4.15. The van der Waals surface area contributed by atoms with E-state index >= 15 is 0 Å². The normalized spacial score (nSPS) is 19.7. The third kappa shape index (κ3) is 6.03. The Morgan fingerprint density at radius 2 is 1.80 bits per heavy atom. The molecule has 0 bridgehead atoms. The molecule has 4 aromatic rings. The summed E-state index contributed by atoms with van der Waals surface area (Å²) in [6.07, 6.45) is 1.42. The van der Waals surface area contributed by atoms with Crippen LogP contribution in [0, 0.1) is 5.41 Å². The topological polar surface area (TPSA) is 90.7 Å². The molecule has 11 heteroatoms. The number of halogens is 3. The minimum atomic E-state index is -3.52. The first-order valence-corrected chi connectivity index (χ1v) is 16.0. The molecular formula is C35H37ClF2N6O2. The maximum atomic E-state index is 14.9. The van der Waals surface area contributed by atoms with Crippen molar-refractivity contribution < 1.29 is 18.3 Å². The number of hydrogen-bond acceptors (Lipinski definition) is 6. The van der Waals surface area contributed by atoms with E-state index in [-0.39, 0.29) is 16.9 Å². The molecule has 1 aliphatic carbocycles. The number of nitrogens with two attached hydrogens (primary N) is 1. The van der Waals surface area contributed by atoms with Gasteiger partial charge in [0.1, 0.15) is 17.9 Å². The Kier molecular flexibility index (Phi) is 7.68. The molecule has 1 saturated heterocycles. The van der Waals surface area contributed by atoms with Gasteiger partial charge in [-0.2, -0.15) is 13.8 Å². The van der Waals surface area contributed by atoms with Crippen LogP contribution in [0.25, 0.3) is 16.6 Å². The fraction of sp³-hybridized carbons (Fsp3) is 0.371. The molecule has 0 atom stereocenters. The maximum absolute atomic E-state index is 14.9. The second-order valence-electron chi connectivity index (χ2n) is 13.3. The van der Waals surface area contributed by atoms with E-state index in [4.69, 9.17) is 22.1 Å². The number of carbonyl (C=O) groups excluding carboxylic acids is 1. The number of hydrogen-bond donors (Lipinski definition) is 2. The van der Waals surface area contributed by atoms with Crippen LogP contribution in [-0.4, -0.2) is 66.2 Å². The van der Waals surface area contributed by atoms with E-state index in [1.54, 1.807) is 30.5 Å². The number of alkyl halides is 2. The van der Waals surface area contributed by atoms with Gasteiger partial charge in [-0.25, -0.2) is 0 Å². The zero-order valence-corrected chi connectivity index (χ0v) is 26.7. The van der Waals surface area contributed by atoms with Crippen molar-refractivity contribution in [3.63, 3.8) is 0 Å². The van der Waals surface area contributed by atoms with Crippen molar-refractivity contribution >= 4 is 51.2 Å². The van der Waals surface area contributed by atoms with Gasteiger partial charge in [0.15, 0.2) is 0 Å². The molecule has 0 spiro atoms. The minimum Gasteiger partial charge on any atom is -0.411 e. The van der Waals surface area contributed by atoms with E-state index in [0.717, 1.165) is 68.1 Å². The fourth-order valence-electron chi connectivity index (χ4n) is 6.93. The zero-order chi connectivity index (χ0) is 32.2. The van der Waals surface area contributed by atoms with Crippen LogP contribution in [0.5, 0.6) is 5.88 Å². The van der Waals surface area contributed by atoms with Crippen LogP contribution >= 0.6 is 11.6 Å². The number of benzene rings is 2. The highest BCUT2D eigenvalue weighted by molar-refractivity contribution is 6.30. The summed E-state index contributed by atoms with van der Waals surface area (Å²) in [6.45, 7) is 8.01. The lowest BCUT2D eigenvalue weighted by Crippen LogP contribution is -2.47. The number of nitrogens with one attached hydrogen (secondary N) is 1. The van der Waals surface area contributed by atoms with Crippen LogP contribution in [-0.2, 0) is 0 Å². The molecular weight excluding hydrogens is 610 g/mol. The molecule has 0 saturated carbocycles. The first-order chi connectivity index (χ1) is 21.9. The molecule has 240 valence electrons. The Bertz CT molecular complexity index is 1830. The van der Waals surface area contributed by atoms with Crippen LogP contribution in [0.3, 0.4) is 0 Å². The molecule has 46 heavy (non-hydrogen) atoms. The standard InChI is InChI=1S/C35H37ClF2N6O2/c1-34(2)11-9-24(28(19-34)22-3-5-25(36)6-4-22)20-42-13-15-43(16-14-42)26-7-8-27(31(39)45)29(18-26)44-21-35(37,38)46-33-30(44)17-23-10-12-40-32(23)41-33/h3-8,10,12,17-18H,9,11,13-16,19-21H2,1-2H3,(H2,39,45)(H,40,41). The third-order valence-electron chi connectivity index (χ3n) is 9.43. The predicted molar refractivity (Wildman–Crippen MR) is 178 cm³/mol. The average molecular weight is 647 g/mol. The number of primary amides is 1. The lowest BCUT2D eigenvalue weighted by Gasteiger charge is -2.40. The third-order valence-corrected chi connectivity index (χ3v) is 9.68. The maximum Gasteiger partial charge on any atom is 0.417 e. The summed E-state index contributed by atoms with van der Waals surface area (Å²) < 4.78 is 34.8. The highest BCUT2D eigenvalue weighted by atomic mass is 35.5. The molecule has 1 fully saturated rings. The number of piperazine rings is 1. The second kappa shape index (κ2) is 11.6. The summed E-state index contributed by atoms with van der Waals surface area (Å²) >= 11 is 6.20. The van der Waals surface area contributed by atoms with Crippen LogP contribution in [0.15, 0.2) is 66.4 Å². The summed E-state index contributed by atoms with van der Waals surface area (Å²) in [7, 11) is 0. The fourth-order valence-corrected chi connectivity index (χ4v) is 7.05. The smallest absolute Gasteiger partial charge is 0.411 e. The van der Waals surface area contributed by atoms with Crippen molar-refractivity contribution in [3.8, 4) is 5.88 Å². The summed E-state index contributed by atoms with van der Waals surface area (Å²) in [4.78, 5) is 25.9. The summed E-state index contributed by atoms with van der Waals surface area (Å²) in [6, 6.07) is 17.0. The minimum absolute atomic E-state index is 0.155. The van der Waals surface area contributed by atoms with E-state index in [1.807, 2.05) is 18.2 Å². The van der Waals surface area contributed by atoms with Gasteiger partial charge in [-0.3, -0.25) is 9.69 Å². The highest BCUT2D eigenvalue weighted by Crippen LogP contribution is 2.45. The molecule has 2 aromatic carbocycles. The van der Waals surface area contributed by atoms with E-state index < -0.39 is 18.6 Å². The summed E-state index contributed by atoms with van der Waals surface area (Å²) in [5.74, 6) is -0.905. The molecule has 3 aliphatic rings. The van der Waals surface area contributed by atoms with Crippen LogP contribution < -0.4 is 20.3 Å². The Morgan fingerprint density at radius 3 is 2.54 bits per heavy atom. The largest absolute Gasteiger partial charge is 0.417 e. The lowest BCUT2D eigenvalue weighted by atomic mass is 9.72. The molecule has 8 nitrogen and oxygen atoms in total. The average Bonchev–Trinajstić information content (AvgIpc) is 3.48. The number of allylic oxidation sites excluding steroid dienone is 1. The quantitative estimate of drug-likeness (QED) is 0.230. The second-order valence-corrected chi connectivity index (χ2v) is 13.7. The van der Waals surface area contributed by atoms with Gasteiger partial charge >= 0.3 is 6.11 Å². The number of carbonyl (C=O) groups is 1. The van der Waals surface area contributed by atoms with Gasteiger partial charge in [0.05, 0.1) is 11.3 Å². The van der Waals surface area contributed by atoms with E-state index in [2.05, 4.69) is 45.7 Å². The number of aromatic amines is 1. The van der Waals surface area contributed by atoms with Gasteiger partial charge in [-0.15, -0.1) is 0 Å². The number of fused-ring (bicyclic) bond motifs is 2. The number of anilines is 3. The van der Waals surface area contributed by atoms with Crippen molar-refractivity contribution in [2.75, 3.05) is 49.1 Å². The van der Waals surface area contributed by atoms with Gasteiger partial charge < -0.3 is 25.3 Å². The number of ether oxygens (including phenoxy) is 1. The predicted octanol–water partition coefficient (Wildman–Crippen LogP) is 7.22. The van der Waals surface area contributed by atoms with Gasteiger partial charge in [0.25, 0.3) is 5.91 Å². The van der Waals surface area contributed by atoms with E-state index in [0.29, 0.717) is 17.0 Å². The van der Waals surface area contributed by atoms with E-state index in [9.17, 15) is 13.6 Å². The summed E-state index contributed by atoms with van der Waals surface area (Å²) in [5.41, 5.74) is 12.3. The molecule has 0 radical (unpaired) electrons. The summed E-state index contributed by atoms with van der Waals surface area (Å²) in [5, 5.41) is 1.48. The number of amides is 1. The van der Waals surface area contributed by atoms with Gasteiger partial charge in [-0.1, -0.05) is 43.2 Å². The van der Waals surface area contributed by atoms with Crippen LogP contribution in [0.2, 0.25) is 5.02 Å². The molecule has 2 aliphatic heterocycles. The molecule has 1 amide bonds. The number of nitrogens with zero attached hydrogens (tertiary/aromatic N) is 4. The van der Waals surface area contributed by atoms with Gasteiger partial charge in [-0.05, 0) is 78.3 Å². The highest BCUT2D eigenvalue weighted by Gasteiger charge is 2.43. The molecule has 0 unspecified atom stereocenters.